The molecule has 0 spiro atoms. The SMILES string of the molecule is Cc1ccc(S(=O)(=O)OC[C@H]2CO[C@H](C)CO2)cc1. The van der Waals surface area contributed by atoms with Gasteiger partial charge >= 0.3 is 0 Å². The summed E-state index contributed by atoms with van der Waals surface area (Å²) in [6, 6.07) is 6.53. The quantitative estimate of drug-likeness (QED) is 0.785. The van der Waals surface area contributed by atoms with Gasteiger partial charge in [0.1, 0.15) is 6.10 Å². The zero-order valence-electron chi connectivity index (χ0n) is 11.0. The van der Waals surface area contributed by atoms with E-state index in [-0.39, 0.29) is 23.7 Å². The molecular formula is C13H18O5S. The minimum atomic E-state index is -3.73. The fourth-order valence-corrected chi connectivity index (χ4v) is 2.61. The Morgan fingerprint density at radius 1 is 1.21 bits per heavy atom. The third kappa shape index (κ3) is 4.01. The van der Waals surface area contributed by atoms with Crippen LogP contribution >= 0.6 is 0 Å². The summed E-state index contributed by atoms with van der Waals surface area (Å²) in [7, 11) is -3.73. The monoisotopic (exact) mass is 286 g/mol. The molecule has 0 radical (unpaired) electrons. The van der Waals surface area contributed by atoms with Gasteiger partial charge in [0.2, 0.25) is 0 Å². The molecule has 1 aromatic rings. The molecule has 1 saturated heterocycles. The lowest BCUT2D eigenvalue weighted by Crippen LogP contribution is -2.37. The van der Waals surface area contributed by atoms with E-state index in [1.54, 1.807) is 12.1 Å². The number of ether oxygens (including phenoxy) is 2. The fraction of sp³-hybridized carbons (Fsp3) is 0.538. The maximum Gasteiger partial charge on any atom is 0.297 e. The molecule has 0 unspecified atom stereocenters. The number of aryl methyl sites for hydroxylation is 1. The van der Waals surface area contributed by atoms with Crippen molar-refractivity contribution in [1.82, 2.24) is 0 Å². The lowest BCUT2D eigenvalue weighted by Gasteiger charge is -2.26. The van der Waals surface area contributed by atoms with Crippen molar-refractivity contribution in [2.24, 2.45) is 0 Å². The van der Waals surface area contributed by atoms with Crippen LogP contribution in [0.25, 0.3) is 0 Å². The molecule has 106 valence electrons. The summed E-state index contributed by atoms with van der Waals surface area (Å²) in [5.41, 5.74) is 0.997. The Morgan fingerprint density at radius 3 is 2.47 bits per heavy atom. The average Bonchev–Trinajstić information content (AvgIpc) is 2.39. The molecule has 1 heterocycles. The Balaban J connectivity index is 1.92. The van der Waals surface area contributed by atoms with E-state index in [1.807, 2.05) is 13.8 Å². The highest BCUT2D eigenvalue weighted by Gasteiger charge is 2.23. The molecule has 0 aliphatic carbocycles. The third-order valence-electron chi connectivity index (χ3n) is 2.85. The smallest absolute Gasteiger partial charge is 0.297 e. The molecule has 0 bridgehead atoms. The summed E-state index contributed by atoms with van der Waals surface area (Å²) in [5.74, 6) is 0. The number of hydrogen-bond acceptors (Lipinski definition) is 5. The molecule has 0 amide bonds. The molecule has 0 N–H and O–H groups in total. The van der Waals surface area contributed by atoms with Gasteiger partial charge in [-0.05, 0) is 26.0 Å². The Labute approximate surface area is 113 Å². The van der Waals surface area contributed by atoms with E-state index in [4.69, 9.17) is 13.7 Å². The van der Waals surface area contributed by atoms with Gasteiger partial charge in [-0.3, -0.25) is 4.18 Å². The highest BCUT2D eigenvalue weighted by atomic mass is 32.2. The van der Waals surface area contributed by atoms with Crippen molar-refractivity contribution < 1.29 is 22.1 Å². The van der Waals surface area contributed by atoms with E-state index in [1.165, 1.54) is 12.1 Å². The normalized spacial score (nSPS) is 24.3. The largest absolute Gasteiger partial charge is 0.373 e. The zero-order valence-corrected chi connectivity index (χ0v) is 11.9. The van der Waals surface area contributed by atoms with Crippen LogP contribution in [0.3, 0.4) is 0 Å². The van der Waals surface area contributed by atoms with Gasteiger partial charge in [0.15, 0.2) is 0 Å². The van der Waals surface area contributed by atoms with E-state index in [2.05, 4.69) is 0 Å². The summed E-state index contributed by atoms with van der Waals surface area (Å²) in [4.78, 5) is 0.156. The van der Waals surface area contributed by atoms with Crippen LogP contribution in [0, 0.1) is 6.92 Å². The standard InChI is InChI=1S/C13H18O5S/c1-10-3-5-13(6-4-10)19(14,15)18-9-12-8-16-11(2)7-17-12/h3-6,11-12H,7-9H2,1-2H3/t11-,12-/m1/s1. The van der Waals surface area contributed by atoms with Crippen molar-refractivity contribution in [1.29, 1.82) is 0 Å². The van der Waals surface area contributed by atoms with Crippen molar-refractivity contribution in [3.05, 3.63) is 29.8 Å². The predicted octanol–water partition coefficient (Wildman–Crippen LogP) is 1.50. The van der Waals surface area contributed by atoms with Crippen LogP contribution in [0.1, 0.15) is 12.5 Å². The van der Waals surface area contributed by atoms with Crippen molar-refractivity contribution >= 4 is 10.1 Å². The molecule has 1 aliphatic rings. The third-order valence-corrected chi connectivity index (χ3v) is 4.15. The average molecular weight is 286 g/mol. The minimum Gasteiger partial charge on any atom is -0.373 e. The molecule has 19 heavy (non-hydrogen) atoms. The molecule has 2 rings (SSSR count). The molecule has 1 aromatic carbocycles. The first-order chi connectivity index (χ1) is 8.97. The summed E-state index contributed by atoms with van der Waals surface area (Å²) in [5, 5.41) is 0. The van der Waals surface area contributed by atoms with Crippen LogP contribution in [-0.2, 0) is 23.8 Å². The van der Waals surface area contributed by atoms with Gasteiger partial charge in [-0.1, -0.05) is 17.7 Å². The van der Waals surface area contributed by atoms with Gasteiger partial charge in [-0.25, -0.2) is 0 Å². The molecular weight excluding hydrogens is 268 g/mol. The van der Waals surface area contributed by atoms with Gasteiger partial charge < -0.3 is 9.47 Å². The first-order valence-electron chi connectivity index (χ1n) is 6.17. The van der Waals surface area contributed by atoms with Crippen LogP contribution in [-0.4, -0.2) is 40.4 Å². The van der Waals surface area contributed by atoms with Crippen molar-refractivity contribution in [3.8, 4) is 0 Å². The number of benzene rings is 1. The van der Waals surface area contributed by atoms with Crippen LogP contribution in [0.4, 0.5) is 0 Å². The van der Waals surface area contributed by atoms with Gasteiger partial charge in [-0.15, -0.1) is 0 Å². The molecule has 6 heteroatoms. The maximum absolute atomic E-state index is 11.9. The molecule has 0 aromatic heterocycles. The first-order valence-corrected chi connectivity index (χ1v) is 7.57. The van der Waals surface area contributed by atoms with Crippen LogP contribution in [0.15, 0.2) is 29.2 Å². The van der Waals surface area contributed by atoms with E-state index in [0.29, 0.717) is 13.2 Å². The summed E-state index contributed by atoms with van der Waals surface area (Å²) in [6.45, 7) is 4.58. The van der Waals surface area contributed by atoms with Crippen LogP contribution < -0.4 is 0 Å². The molecule has 1 aliphatic heterocycles. The number of rotatable bonds is 4. The second kappa shape index (κ2) is 6.00. The highest BCUT2D eigenvalue weighted by Crippen LogP contribution is 2.15. The van der Waals surface area contributed by atoms with E-state index in [9.17, 15) is 8.42 Å². The van der Waals surface area contributed by atoms with Crippen molar-refractivity contribution in [2.45, 2.75) is 31.0 Å². The summed E-state index contributed by atoms with van der Waals surface area (Å²) >= 11 is 0. The topological polar surface area (TPSA) is 61.8 Å². The maximum atomic E-state index is 11.9. The van der Waals surface area contributed by atoms with Gasteiger partial charge in [0.25, 0.3) is 10.1 Å². The van der Waals surface area contributed by atoms with Crippen LogP contribution in [0.2, 0.25) is 0 Å². The lowest BCUT2D eigenvalue weighted by atomic mass is 10.2. The van der Waals surface area contributed by atoms with E-state index < -0.39 is 10.1 Å². The Kier molecular flexibility index (Phi) is 4.57. The van der Waals surface area contributed by atoms with E-state index >= 15 is 0 Å². The molecule has 1 fully saturated rings. The Hall–Kier alpha value is -0.950. The summed E-state index contributed by atoms with van der Waals surface area (Å²) < 4.78 is 39.7. The van der Waals surface area contributed by atoms with Crippen molar-refractivity contribution in [3.63, 3.8) is 0 Å². The minimum absolute atomic E-state index is 0.0249. The number of hydrogen-bond donors (Lipinski definition) is 0. The van der Waals surface area contributed by atoms with Crippen molar-refractivity contribution in [2.75, 3.05) is 19.8 Å². The fourth-order valence-electron chi connectivity index (χ4n) is 1.67. The highest BCUT2D eigenvalue weighted by molar-refractivity contribution is 7.86. The second-order valence-electron chi connectivity index (χ2n) is 4.65. The predicted molar refractivity (Wildman–Crippen MR) is 69.5 cm³/mol. The van der Waals surface area contributed by atoms with Gasteiger partial charge in [-0.2, -0.15) is 8.42 Å². The Morgan fingerprint density at radius 2 is 1.89 bits per heavy atom. The molecule has 5 nitrogen and oxygen atoms in total. The lowest BCUT2D eigenvalue weighted by molar-refractivity contribution is -0.135. The van der Waals surface area contributed by atoms with Gasteiger partial charge in [0.05, 0.1) is 30.8 Å². The summed E-state index contributed by atoms with van der Waals surface area (Å²) in [6.07, 6.45) is -0.290. The van der Waals surface area contributed by atoms with E-state index in [0.717, 1.165) is 5.56 Å². The first kappa shape index (κ1) is 14.5. The second-order valence-corrected chi connectivity index (χ2v) is 6.27. The van der Waals surface area contributed by atoms with Crippen LogP contribution in [0.5, 0.6) is 0 Å². The molecule has 0 saturated carbocycles. The Bertz CT molecular complexity index is 500. The van der Waals surface area contributed by atoms with Gasteiger partial charge in [0, 0.05) is 0 Å². The zero-order chi connectivity index (χ0) is 13.9. The molecule has 2 atom stereocenters.